The van der Waals surface area contributed by atoms with E-state index in [1.165, 1.54) is 49.1 Å². The van der Waals surface area contributed by atoms with Gasteiger partial charge in [-0.05, 0) is 59.6 Å². The Morgan fingerprint density at radius 2 is 1.71 bits per heavy atom. The van der Waals surface area contributed by atoms with Crippen LogP contribution in [0.25, 0.3) is 0 Å². The predicted molar refractivity (Wildman–Crippen MR) is 91.9 cm³/mol. The van der Waals surface area contributed by atoms with Gasteiger partial charge in [-0.15, -0.1) is 0 Å². The second-order valence-corrected chi connectivity index (χ2v) is 7.21. The molecule has 1 aromatic rings. The maximum Gasteiger partial charge on any atom is 0.0628 e. The quantitative estimate of drug-likeness (QED) is 0.684. The molecule has 3 heteroatoms. The highest BCUT2D eigenvalue weighted by Crippen LogP contribution is 2.15. The lowest BCUT2D eigenvalue weighted by Crippen LogP contribution is -2.37. The van der Waals surface area contributed by atoms with Gasteiger partial charge in [0.25, 0.3) is 0 Å². The summed E-state index contributed by atoms with van der Waals surface area (Å²) in [5.41, 5.74) is 4.19. The number of nitrogens with one attached hydrogen (secondary N) is 1. The molecule has 0 atom stereocenters. The molecule has 0 spiro atoms. The molecule has 3 nitrogen and oxygen atoms in total. The van der Waals surface area contributed by atoms with Crippen LogP contribution in [0.2, 0.25) is 0 Å². The van der Waals surface area contributed by atoms with Crippen molar-refractivity contribution in [2.24, 2.45) is 0 Å². The molecule has 0 aliphatic rings. The van der Waals surface area contributed by atoms with Gasteiger partial charge in [0.05, 0.1) is 5.69 Å². The van der Waals surface area contributed by atoms with Crippen molar-refractivity contribution in [3.05, 3.63) is 17.0 Å². The lowest BCUT2D eigenvalue weighted by Gasteiger charge is -2.20. The molecule has 21 heavy (non-hydrogen) atoms. The summed E-state index contributed by atoms with van der Waals surface area (Å²) in [6.07, 6.45) is 7.68. The van der Waals surface area contributed by atoms with E-state index in [1.54, 1.807) is 0 Å². The number of aryl methyl sites for hydroxylation is 2. The van der Waals surface area contributed by atoms with Gasteiger partial charge in [-0.25, -0.2) is 0 Å². The molecule has 122 valence electrons. The zero-order valence-electron chi connectivity index (χ0n) is 15.1. The third kappa shape index (κ3) is 6.64. The van der Waals surface area contributed by atoms with E-state index in [2.05, 4.69) is 51.5 Å². The fourth-order valence-electron chi connectivity index (χ4n) is 2.74. The van der Waals surface area contributed by atoms with Crippen molar-refractivity contribution < 1.29 is 0 Å². The molecule has 0 unspecified atom stereocenters. The highest BCUT2D eigenvalue weighted by molar-refractivity contribution is 5.24. The highest BCUT2D eigenvalue weighted by Gasteiger charge is 2.13. The van der Waals surface area contributed by atoms with Crippen molar-refractivity contribution in [1.82, 2.24) is 15.1 Å². The first kappa shape index (κ1) is 18.2. The topological polar surface area (TPSA) is 29.9 Å². The largest absolute Gasteiger partial charge is 0.312 e. The van der Waals surface area contributed by atoms with Crippen LogP contribution in [0.15, 0.2) is 0 Å². The molecule has 1 N–H and O–H groups in total. The summed E-state index contributed by atoms with van der Waals surface area (Å²) in [4.78, 5) is 0. The van der Waals surface area contributed by atoms with Crippen molar-refractivity contribution in [1.29, 1.82) is 0 Å². The number of unbranched alkanes of at least 4 members (excludes halogenated alkanes) is 4. The third-order valence-corrected chi connectivity index (χ3v) is 4.04. The Labute approximate surface area is 131 Å². The van der Waals surface area contributed by atoms with Gasteiger partial charge >= 0.3 is 0 Å². The summed E-state index contributed by atoms with van der Waals surface area (Å²) in [7, 11) is 0. The number of aromatic nitrogens is 2. The van der Waals surface area contributed by atoms with E-state index >= 15 is 0 Å². The van der Waals surface area contributed by atoms with Gasteiger partial charge in [0.1, 0.15) is 0 Å². The summed E-state index contributed by atoms with van der Waals surface area (Å²) in [5.74, 6) is 0. The molecule has 0 aliphatic carbocycles. The molecule has 1 heterocycles. The molecule has 0 fully saturated rings. The molecule has 0 saturated carbocycles. The van der Waals surface area contributed by atoms with Gasteiger partial charge in [-0.1, -0.05) is 32.6 Å². The van der Waals surface area contributed by atoms with Gasteiger partial charge in [-0.2, -0.15) is 5.10 Å². The molecule has 0 bridgehead atoms. The van der Waals surface area contributed by atoms with Crippen LogP contribution in [0.3, 0.4) is 0 Å². The summed E-state index contributed by atoms with van der Waals surface area (Å²) >= 11 is 0. The van der Waals surface area contributed by atoms with E-state index in [9.17, 15) is 0 Å². The summed E-state index contributed by atoms with van der Waals surface area (Å²) in [6, 6.07) is 0. The SMILES string of the molecule is CCCCCCCn1nc(C)c(CCNC(C)(C)C)c1C. The lowest BCUT2D eigenvalue weighted by atomic mass is 10.1. The van der Waals surface area contributed by atoms with Gasteiger partial charge in [0.15, 0.2) is 0 Å². The van der Waals surface area contributed by atoms with Crippen LogP contribution in [-0.4, -0.2) is 21.9 Å². The van der Waals surface area contributed by atoms with E-state index in [0.29, 0.717) is 0 Å². The molecule has 1 aromatic heterocycles. The van der Waals surface area contributed by atoms with Crippen molar-refractivity contribution in [3.63, 3.8) is 0 Å². The number of hydrogen-bond acceptors (Lipinski definition) is 2. The first-order valence-electron chi connectivity index (χ1n) is 8.63. The Kier molecular flexibility index (Phi) is 7.44. The Bertz CT molecular complexity index is 413. The molecule has 1 rings (SSSR count). The van der Waals surface area contributed by atoms with Crippen LogP contribution in [0.1, 0.15) is 76.8 Å². The van der Waals surface area contributed by atoms with Gasteiger partial charge < -0.3 is 5.32 Å². The van der Waals surface area contributed by atoms with Crippen LogP contribution in [0.5, 0.6) is 0 Å². The van der Waals surface area contributed by atoms with Crippen LogP contribution < -0.4 is 5.32 Å². The first-order chi connectivity index (χ1) is 9.85. The Morgan fingerprint density at radius 3 is 2.33 bits per heavy atom. The molecular formula is C18H35N3. The molecule has 0 amide bonds. The minimum Gasteiger partial charge on any atom is -0.312 e. The lowest BCUT2D eigenvalue weighted by molar-refractivity contribution is 0.429. The van der Waals surface area contributed by atoms with Gasteiger partial charge in [0.2, 0.25) is 0 Å². The maximum absolute atomic E-state index is 4.73. The van der Waals surface area contributed by atoms with E-state index in [-0.39, 0.29) is 5.54 Å². The third-order valence-electron chi connectivity index (χ3n) is 4.04. The predicted octanol–water partition coefficient (Wildman–Crippen LogP) is 4.40. The standard InChI is InChI=1S/C18H35N3/c1-7-8-9-10-11-14-21-16(3)17(15(2)20-21)12-13-19-18(4,5)6/h19H,7-14H2,1-6H3. The van der Waals surface area contributed by atoms with Crippen molar-refractivity contribution in [3.8, 4) is 0 Å². The fraction of sp³-hybridized carbons (Fsp3) is 0.833. The minimum absolute atomic E-state index is 0.192. The summed E-state index contributed by atoms with van der Waals surface area (Å²) in [5, 5.41) is 8.30. The van der Waals surface area contributed by atoms with Crippen LogP contribution in [-0.2, 0) is 13.0 Å². The molecular weight excluding hydrogens is 258 g/mol. The Balaban J connectivity index is 2.47. The van der Waals surface area contributed by atoms with Gasteiger partial charge in [-0.3, -0.25) is 4.68 Å². The van der Waals surface area contributed by atoms with Crippen LogP contribution in [0.4, 0.5) is 0 Å². The normalized spacial score (nSPS) is 12.1. The zero-order valence-corrected chi connectivity index (χ0v) is 15.1. The van der Waals surface area contributed by atoms with E-state index in [4.69, 9.17) is 5.10 Å². The minimum atomic E-state index is 0.192. The molecule has 0 aliphatic heterocycles. The van der Waals surface area contributed by atoms with Crippen molar-refractivity contribution in [2.75, 3.05) is 6.54 Å². The molecule has 0 saturated heterocycles. The van der Waals surface area contributed by atoms with E-state index in [0.717, 1.165) is 19.5 Å². The Hall–Kier alpha value is -0.830. The smallest absolute Gasteiger partial charge is 0.0628 e. The Morgan fingerprint density at radius 1 is 1.05 bits per heavy atom. The van der Waals surface area contributed by atoms with E-state index in [1.807, 2.05) is 0 Å². The average Bonchev–Trinajstić information content (AvgIpc) is 2.65. The highest BCUT2D eigenvalue weighted by atomic mass is 15.3. The zero-order chi connectivity index (χ0) is 15.9. The monoisotopic (exact) mass is 293 g/mol. The number of nitrogens with zero attached hydrogens (tertiary/aromatic N) is 2. The maximum atomic E-state index is 4.73. The number of hydrogen-bond donors (Lipinski definition) is 1. The second kappa shape index (κ2) is 8.57. The molecule has 0 radical (unpaired) electrons. The average molecular weight is 293 g/mol. The number of rotatable bonds is 9. The second-order valence-electron chi connectivity index (χ2n) is 7.21. The van der Waals surface area contributed by atoms with Crippen molar-refractivity contribution >= 4 is 0 Å². The van der Waals surface area contributed by atoms with Gasteiger partial charge in [0, 0.05) is 17.8 Å². The first-order valence-corrected chi connectivity index (χ1v) is 8.63. The van der Waals surface area contributed by atoms with E-state index < -0.39 is 0 Å². The molecule has 0 aromatic carbocycles. The fourth-order valence-corrected chi connectivity index (χ4v) is 2.74. The van der Waals surface area contributed by atoms with Crippen molar-refractivity contribution in [2.45, 2.75) is 92.2 Å². The van der Waals surface area contributed by atoms with Crippen LogP contribution >= 0.6 is 0 Å². The summed E-state index contributed by atoms with van der Waals surface area (Å²) in [6.45, 7) is 15.4. The van der Waals surface area contributed by atoms with Crippen LogP contribution in [0, 0.1) is 13.8 Å². The summed E-state index contributed by atoms with van der Waals surface area (Å²) < 4.78 is 2.22.